The van der Waals surface area contributed by atoms with Crippen LogP contribution in [0.2, 0.25) is 0 Å². The van der Waals surface area contributed by atoms with Gasteiger partial charge in [-0.1, -0.05) is 18.2 Å². The van der Waals surface area contributed by atoms with Crippen molar-refractivity contribution in [1.82, 2.24) is 19.0 Å². The summed E-state index contributed by atoms with van der Waals surface area (Å²) in [4.78, 5) is 29.4. The number of nitrogens with zero attached hydrogens (tertiary/aromatic N) is 5. The summed E-state index contributed by atoms with van der Waals surface area (Å²) in [5, 5.41) is 9.46. The summed E-state index contributed by atoms with van der Waals surface area (Å²) in [5.74, 6) is -0.387. The standard InChI is InChI=1S/C20H25N5O4S/c1-17(26)23-9-11-24(12-10-23)20(27)18(15-21)16-22-7-13-25(14-8-22)30(28,29)19-5-3-2-4-6-19/h2-6,16H,7-14H2,1H3/b18-16-. The molecular formula is C20H25N5O4S. The lowest BCUT2D eigenvalue weighted by atomic mass is 10.2. The van der Waals surface area contributed by atoms with Gasteiger partial charge in [-0.05, 0) is 12.1 Å². The summed E-state index contributed by atoms with van der Waals surface area (Å²) in [6, 6.07) is 10.2. The first-order chi connectivity index (χ1) is 14.3. The van der Waals surface area contributed by atoms with Crippen LogP contribution in [0.4, 0.5) is 0 Å². The third-order valence-corrected chi connectivity index (χ3v) is 7.24. The Bertz CT molecular complexity index is 955. The van der Waals surface area contributed by atoms with Crippen molar-refractivity contribution in [1.29, 1.82) is 5.26 Å². The molecule has 0 unspecified atom stereocenters. The molecule has 3 rings (SSSR count). The lowest BCUT2D eigenvalue weighted by Gasteiger charge is -2.35. The molecule has 2 aliphatic rings. The minimum absolute atomic E-state index is 0.0191. The molecule has 2 fully saturated rings. The number of hydrogen-bond donors (Lipinski definition) is 0. The smallest absolute Gasteiger partial charge is 0.266 e. The molecule has 0 aromatic heterocycles. The summed E-state index contributed by atoms with van der Waals surface area (Å²) in [6.45, 7) is 4.52. The molecule has 1 aromatic rings. The van der Waals surface area contributed by atoms with Gasteiger partial charge in [0.25, 0.3) is 5.91 Å². The predicted molar refractivity (Wildman–Crippen MR) is 109 cm³/mol. The average molecular weight is 432 g/mol. The molecule has 0 N–H and O–H groups in total. The van der Waals surface area contributed by atoms with Gasteiger partial charge in [-0.15, -0.1) is 0 Å². The van der Waals surface area contributed by atoms with Gasteiger partial charge in [-0.25, -0.2) is 8.42 Å². The van der Waals surface area contributed by atoms with Gasteiger partial charge >= 0.3 is 0 Å². The highest BCUT2D eigenvalue weighted by Gasteiger charge is 2.29. The highest BCUT2D eigenvalue weighted by molar-refractivity contribution is 7.89. The van der Waals surface area contributed by atoms with E-state index in [1.54, 1.807) is 45.0 Å². The van der Waals surface area contributed by atoms with Crippen LogP contribution in [0.5, 0.6) is 0 Å². The topological polar surface area (TPSA) is 105 Å². The summed E-state index contributed by atoms with van der Waals surface area (Å²) in [6.07, 6.45) is 1.52. The summed E-state index contributed by atoms with van der Waals surface area (Å²) < 4.78 is 26.8. The van der Waals surface area contributed by atoms with Gasteiger partial charge in [-0.3, -0.25) is 9.59 Å². The molecule has 0 bridgehead atoms. The van der Waals surface area contributed by atoms with E-state index in [4.69, 9.17) is 0 Å². The molecule has 0 radical (unpaired) electrons. The Kier molecular flexibility index (Phi) is 6.74. The largest absolute Gasteiger partial charge is 0.373 e. The third kappa shape index (κ3) is 4.80. The van der Waals surface area contributed by atoms with Gasteiger partial charge in [0.15, 0.2) is 0 Å². The van der Waals surface area contributed by atoms with E-state index in [1.165, 1.54) is 17.4 Å². The SMILES string of the molecule is CC(=O)N1CCN(C(=O)/C(C#N)=C\N2CCN(S(=O)(=O)c3ccccc3)CC2)CC1. The Morgan fingerprint density at radius 1 is 0.933 bits per heavy atom. The van der Waals surface area contributed by atoms with Crippen molar-refractivity contribution >= 4 is 21.8 Å². The highest BCUT2D eigenvalue weighted by atomic mass is 32.2. The lowest BCUT2D eigenvalue weighted by Crippen LogP contribution is -2.50. The Balaban J connectivity index is 1.60. The Hall–Kier alpha value is -2.90. The van der Waals surface area contributed by atoms with Crippen LogP contribution in [0.1, 0.15) is 6.92 Å². The van der Waals surface area contributed by atoms with Crippen molar-refractivity contribution in [2.75, 3.05) is 52.4 Å². The van der Waals surface area contributed by atoms with Gasteiger partial charge in [0.2, 0.25) is 15.9 Å². The fourth-order valence-electron chi connectivity index (χ4n) is 3.52. The molecule has 0 saturated carbocycles. The minimum Gasteiger partial charge on any atom is -0.373 e. The fourth-order valence-corrected chi connectivity index (χ4v) is 4.97. The predicted octanol–water partition coefficient (Wildman–Crippen LogP) is 0.0911. The van der Waals surface area contributed by atoms with Gasteiger partial charge in [0, 0.05) is 65.5 Å². The molecule has 2 heterocycles. The molecule has 0 spiro atoms. The number of amides is 2. The van der Waals surface area contributed by atoms with Crippen LogP contribution < -0.4 is 0 Å². The Morgan fingerprint density at radius 2 is 1.50 bits per heavy atom. The number of benzene rings is 1. The van der Waals surface area contributed by atoms with Crippen LogP contribution >= 0.6 is 0 Å². The van der Waals surface area contributed by atoms with Crippen LogP contribution in [0.25, 0.3) is 0 Å². The second kappa shape index (κ2) is 9.28. The van der Waals surface area contributed by atoms with Crippen molar-refractivity contribution in [2.24, 2.45) is 0 Å². The number of rotatable bonds is 4. The molecule has 0 atom stereocenters. The molecule has 1 aromatic carbocycles. The van der Waals surface area contributed by atoms with Gasteiger partial charge in [0.1, 0.15) is 11.6 Å². The van der Waals surface area contributed by atoms with Crippen molar-refractivity contribution in [3.8, 4) is 6.07 Å². The van der Waals surface area contributed by atoms with Crippen LogP contribution in [-0.4, -0.2) is 91.6 Å². The maximum atomic E-state index is 12.7. The van der Waals surface area contributed by atoms with E-state index in [0.717, 1.165) is 0 Å². The van der Waals surface area contributed by atoms with Gasteiger partial charge in [-0.2, -0.15) is 9.57 Å². The summed E-state index contributed by atoms with van der Waals surface area (Å²) in [7, 11) is -3.55. The first-order valence-corrected chi connectivity index (χ1v) is 11.2. The van der Waals surface area contributed by atoms with Gasteiger partial charge in [0.05, 0.1) is 4.90 Å². The number of hydrogen-bond acceptors (Lipinski definition) is 6. The van der Waals surface area contributed by atoms with Crippen LogP contribution in [0.3, 0.4) is 0 Å². The molecule has 2 aliphatic heterocycles. The number of carbonyl (C=O) groups excluding carboxylic acids is 2. The summed E-state index contributed by atoms with van der Waals surface area (Å²) >= 11 is 0. The first-order valence-electron chi connectivity index (χ1n) is 9.79. The average Bonchev–Trinajstić information content (AvgIpc) is 2.78. The molecular weight excluding hydrogens is 406 g/mol. The molecule has 30 heavy (non-hydrogen) atoms. The molecule has 0 aliphatic carbocycles. The molecule has 10 heteroatoms. The molecule has 160 valence electrons. The van der Waals surface area contributed by atoms with E-state index >= 15 is 0 Å². The molecule has 2 amide bonds. The zero-order valence-electron chi connectivity index (χ0n) is 16.9. The Labute approximate surface area is 176 Å². The second-order valence-electron chi connectivity index (χ2n) is 7.21. The van der Waals surface area contributed by atoms with Crippen LogP contribution in [0, 0.1) is 11.3 Å². The number of carbonyl (C=O) groups is 2. The first kappa shape index (κ1) is 21.8. The van der Waals surface area contributed by atoms with E-state index in [-0.39, 0.29) is 35.4 Å². The van der Waals surface area contributed by atoms with Gasteiger partial charge < -0.3 is 14.7 Å². The number of piperazine rings is 2. The van der Waals surface area contributed by atoms with E-state index in [1.807, 2.05) is 6.07 Å². The van der Waals surface area contributed by atoms with Crippen LogP contribution in [0.15, 0.2) is 47.0 Å². The highest BCUT2D eigenvalue weighted by Crippen LogP contribution is 2.18. The fraction of sp³-hybridized carbons (Fsp3) is 0.450. The van der Waals surface area contributed by atoms with E-state index in [0.29, 0.717) is 39.3 Å². The number of sulfonamides is 1. The minimum atomic E-state index is -3.55. The maximum Gasteiger partial charge on any atom is 0.266 e. The van der Waals surface area contributed by atoms with E-state index < -0.39 is 10.0 Å². The van der Waals surface area contributed by atoms with Crippen molar-refractivity contribution in [3.05, 3.63) is 42.1 Å². The van der Waals surface area contributed by atoms with Crippen molar-refractivity contribution in [3.63, 3.8) is 0 Å². The quantitative estimate of drug-likeness (QED) is 0.494. The molecule has 2 saturated heterocycles. The normalized spacial score (nSPS) is 18.8. The third-order valence-electron chi connectivity index (χ3n) is 5.33. The van der Waals surface area contributed by atoms with Crippen LogP contribution in [-0.2, 0) is 19.6 Å². The zero-order valence-corrected chi connectivity index (χ0v) is 17.7. The molecule has 9 nitrogen and oxygen atoms in total. The monoisotopic (exact) mass is 431 g/mol. The maximum absolute atomic E-state index is 12.7. The summed E-state index contributed by atoms with van der Waals surface area (Å²) in [5.41, 5.74) is 0.0191. The second-order valence-corrected chi connectivity index (χ2v) is 9.14. The lowest BCUT2D eigenvalue weighted by molar-refractivity contribution is -0.136. The van der Waals surface area contributed by atoms with Crippen molar-refractivity contribution in [2.45, 2.75) is 11.8 Å². The van der Waals surface area contributed by atoms with Crippen molar-refractivity contribution < 1.29 is 18.0 Å². The number of nitriles is 1. The zero-order chi connectivity index (χ0) is 21.7. The Morgan fingerprint density at radius 3 is 2.03 bits per heavy atom. The van der Waals surface area contributed by atoms with E-state index in [9.17, 15) is 23.3 Å². The van der Waals surface area contributed by atoms with E-state index in [2.05, 4.69) is 0 Å².